The third-order valence-electron chi connectivity index (χ3n) is 2.56. The van der Waals surface area contributed by atoms with Gasteiger partial charge >= 0.3 is 0 Å². The number of aliphatic hydroxyl groups is 3. The zero-order valence-electron chi connectivity index (χ0n) is 9.51. The van der Waals surface area contributed by atoms with Crippen molar-refractivity contribution in [3.8, 4) is 0 Å². The number of rotatable bonds is 5. The zero-order valence-corrected chi connectivity index (χ0v) is 9.51. The molecule has 0 saturated carbocycles. The molecule has 1 saturated heterocycles. The topological polar surface area (TPSA) is 128 Å². The first-order valence-corrected chi connectivity index (χ1v) is 5.40. The highest BCUT2D eigenvalue weighted by Gasteiger charge is 2.42. The minimum atomic E-state index is -1.29. The maximum absolute atomic E-state index is 9.59. The Morgan fingerprint density at radius 3 is 2.65 bits per heavy atom. The Hall–Kier alpha value is -0.890. The molecule has 0 bridgehead atoms. The average Bonchev–Trinajstić information content (AvgIpc) is 2.32. The number of hydrogen-bond acceptors (Lipinski definition) is 6. The minimum absolute atomic E-state index is 0.232. The zero-order chi connectivity index (χ0) is 12.8. The van der Waals surface area contributed by atoms with E-state index in [2.05, 4.69) is 10.0 Å². The SMILES string of the molecule is CC1OC(OCCCN=[N+]=[N-])C(O)[C@@H](O)[C@@H]1O. The molecule has 1 rings (SSSR count). The van der Waals surface area contributed by atoms with Crippen molar-refractivity contribution in [2.75, 3.05) is 13.2 Å². The van der Waals surface area contributed by atoms with Gasteiger partial charge in [-0.05, 0) is 18.9 Å². The molecule has 5 atom stereocenters. The van der Waals surface area contributed by atoms with Gasteiger partial charge in [-0.3, -0.25) is 0 Å². The van der Waals surface area contributed by atoms with Gasteiger partial charge in [0.15, 0.2) is 6.29 Å². The van der Waals surface area contributed by atoms with E-state index in [1.54, 1.807) is 6.92 Å². The van der Waals surface area contributed by atoms with E-state index in [4.69, 9.17) is 15.0 Å². The standard InChI is InChI=1S/C9H17N3O5/c1-5-6(13)7(14)8(15)9(17-5)16-4-2-3-11-12-10/h5-9,13-15H,2-4H2,1H3/t5?,6-,7+,8?,9?/m1/s1. The summed E-state index contributed by atoms with van der Waals surface area (Å²) >= 11 is 0. The molecule has 0 aromatic heterocycles. The summed E-state index contributed by atoms with van der Waals surface area (Å²) in [5.74, 6) is 0. The molecule has 1 fully saturated rings. The highest BCUT2D eigenvalue weighted by molar-refractivity contribution is 4.87. The summed E-state index contributed by atoms with van der Waals surface area (Å²) < 4.78 is 10.4. The van der Waals surface area contributed by atoms with Gasteiger partial charge in [0.1, 0.15) is 18.3 Å². The molecule has 98 valence electrons. The molecule has 17 heavy (non-hydrogen) atoms. The first-order valence-electron chi connectivity index (χ1n) is 5.40. The van der Waals surface area contributed by atoms with Gasteiger partial charge in [-0.1, -0.05) is 5.11 Å². The van der Waals surface area contributed by atoms with Crippen molar-refractivity contribution >= 4 is 0 Å². The number of hydrogen-bond donors (Lipinski definition) is 3. The predicted octanol–water partition coefficient (Wildman–Crippen LogP) is -0.469. The second-order valence-electron chi connectivity index (χ2n) is 3.86. The summed E-state index contributed by atoms with van der Waals surface area (Å²) in [6.07, 6.45) is -4.82. The molecule has 0 amide bonds. The normalized spacial score (nSPS) is 37.5. The highest BCUT2D eigenvalue weighted by Crippen LogP contribution is 2.21. The molecule has 0 aliphatic carbocycles. The van der Waals surface area contributed by atoms with E-state index in [-0.39, 0.29) is 6.61 Å². The van der Waals surface area contributed by atoms with Gasteiger partial charge in [0.05, 0.1) is 6.10 Å². The van der Waals surface area contributed by atoms with Crippen LogP contribution in [0, 0.1) is 0 Å². The van der Waals surface area contributed by atoms with Gasteiger partial charge in [-0.15, -0.1) is 0 Å². The molecule has 3 unspecified atom stereocenters. The Labute approximate surface area is 98.4 Å². The summed E-state index contributed by atoms with van der Waals surface area (Å²) in [7, 11) is 0. The lowest BCUT2D eigenvalue weighted by Crippen LogP contribution is -2.57. The van der Waals surface area contributed by atoms with E-state index in [1.165, 1.54) is 0 Å². The molecule has 0 aromatic carbocycles. The van der Waals surface area contributed by atoms with Crippen LogP contribution < -0.4 is 0 Å². The van der Waals surface area contributed by atoms with Crippen molar-refractivity contribution in [1.29, 1.82) is 0 Å². The monoisotopic (exact) mass is 247 g/mol. The summed E-state index contributed by atoms with van der Waals surface area (Å²) in [5.41, 5.74) is 8.05. The molecule has 0 spiro atoms. The molecule has 8 heteroatoms. The van der Waals surface area contributed by atoms with Crippen LogP contribution in [-0.2, 0) is 9.47 Å². The predicted molar refractivity (Wildman–Crippen MR) is 56.9 cm³/mol. The Kier molecular flexibility index (Phi) is 5.63. The van der Waals surface area contributed by atoms with E-state index in [0.717, 1.165) is 0 Å². The molecule has 8 nitrogen and oxygen atoms in total. The lowest BCUT2D eigenvalue weighted by Gasteiger charge is -2.38. The van der Waals surface area contributed by atoms with Gasteiger partial charge in [-0.25, -0.2) is 0 Å². The highest BCUT2D eigenvalue weighted by atomic mass is 16.7. The van der Waals surface area contributed by atoms with Crippen molar-refractivity contribution in [3.05, 3.63) is 10.4 Å². The van der Waals surface area contributed by atoms with Gasteiger partial charge in [-0.2, -0.15) is 0 Å². The van der Waals surface area contributed by atoms with E-state index in [1.807, 2.05) is 0 Å². The molecule has 1 aliphatic heterocycles. The Balaban J connectivity index is 2.35. The molecular weight excluding hydrogens is 230 g/mol. The summed E-state index contributed by atoms with van der Waals surface area (Å²) in [4.78, 5) is 2.58. The second-order valence-corrected chi connectivity index (χ2v) is 3.86. The molecular formula is C9H17N3O5. The number of ether oxygens (including phenoxy) is 2. The van der Waals surface area contributed by atoms with Crippen molar-refractivity contribution in [2.45, 2.75) is 44.1 Å². The number of aliphatic hydroxyl groups excluding tert-OH is 3. The van der Waals surface area contributed by atoms with Crippen molar-refractivity contribution in [1.82, 2.24) is 0 Å². The minimum Gasteiger partial charge on any atom is -0.388 e. The Bertz CT molecular complexity index is 284. The van der Waals surface area contributed by atoms with Crippen LogP contribution in [0.2, 0.25) is 0 Å². The average molecular weight is 247 g/mol. The maximum atomic E-state index is 9.59. The lowest BCUT2D eigenvalue weighted by molar-refractivity contribution is -0.293. The summed E-state index contributed by atoms with van der Waals surface area (Å²) in [6, 6.07) is 0. The fourth-order valence-electron chi connectivity index (χ4n) is 1.53. The Morgan fingerprint density at radius 2 is 2.00 bits per heavy atom. The Morgan fingerprint density at radius 1 is 1.29 bits per heavy atom. The van der Waals surface area contributed by atoms with Crippen LogP contribution in [0.4, 0.5) is 0 Å². The largest absolute Gasteiger partial charge is 0.388 e. The van der Waals surface area contributed by atoms with Crippen LogP contribution in [0.3, 0.4) is 0 Å². The van der Waals surface area contributed by atoms with E-state index in [0.29, 0.717) is 13.0 Å². The molecule has 0 radical (unpaired) electrons. The smallest absolute Gasteiger partial charge is 0.186 e. The van der Waals surface area contributed by atoms with E-state index < -0.39 is 30.7 Å². The van der Waals surface area contributed by atoms with Crippen LogP contribution in [0.1, 0.15) is 13.3 Å². The van der Waals surface area contributed by atoms with Gasteiger partial charge in [0, 0.05) is 18.1 Å². The molecule has 3 N–H and O–H groups in total. The van der Waals surface area contributed by atoms with Crippen LogP contribution in [-0.4, -0.2) is 59.2 Å². The van der Waals surface area contributed by atoms with Crippen molar-refractivity contribution < 1.29 is 24.8 Å². The van der Waals surface area contributed by atoms with Crippen molar-refractivity contribution in [2.24, 2.45) is 5.11 Å². The molecule has 1 aliphatic rings. The lowest BCUT2D eigenvalue weighted by atomic mass is 10.0. The van der Waals surface area contributed by atoms with Crippen LogP contribution >= 0.6 is 0 Å². The van der Waals surface area contributed by atoms with Crippen LogP contribution in [0.15, 0.2) is 5.11 Å². The van der Waals surface area contributed by atoms with Crippen molar-refractivity contribution in [3.63, 3.8) is 0 Å². The van der Waals surface area contributed by atoms with Crippen LogP contribution in [0.5, 0.6) is 0 Å². The molecule has 1 heterocycles. The van der Waals surface area contributed by atoms with E-state index >= 15 is 0 Å². The second kappa shape index (κ2) is 6.75. The fraction of sp³-hybridized carbons (Fsp3) is 1.00. The van der Waals surface area contributed by atoms with Crippen LogP contribution in [0.25, 0.3) is 10.4 Å². The van der Waals surface area contributed by atoms with E-state index in [9.17, 15) is 15.3 Å². The molecule has 0 aromatic rings. The fourth-order valence-corrected chi connectivity index (χ4v) is 1.53. The van der Waals surface area contributed by atoms with Gasteiger partial charge in [0.25, 0.3) is 0 Å². The maximum Gasteiger partial charge on any atom is 0.186 e. The van der Waals surface area contributed by atoms with Gasteiger partial charge in [0.2, 0.25) is 0 Å². The number of nitrogens with zero attached hydrogens (tertiary/aromatic N) is 3. The quantitative estimate of drug-likeness (QED) is 0.262. The number of azide groups is 1. The summed E-state index contributed by atoms with van der Waals surface area (Å²) in [5, 5.41) is 31.8. The third kappa shape index (κ3) is 3.81. The first kappa shape index (κ1) is 14.2. The third-order valence-corrected chi connectivity index (χ3v) is 2.56. The summed E-state index contributed by atoms with van der Waals surface area (Å²) in [6.45, 7) is 2.10. The first-order chi connectivity index (χ1) is 8.07. The van der Waals surface area contributed by atoms with Gasteiger partial charge < -0.3 is 24.8 Å².